The first-order valence-corrected chi connectivity index (χ1v) is 9.28. The molecule has 2 aromatic carbocycles. The number of ether oxygens (including phenoxy) is 1. The number of aromatic amines is 1. The Kier molecular flexibility index (Phi) is 5.31. The predicted octanol–water partition coefficient (Wildman–Crippen LogP) is 4.24. The van der Waals surface area contributed by atoms with E-state index in [1.165, 1.54) is 0 Å². The Hall–Kier alpha value is -3.58. The number of carbonyl (C=O) groups is 1. The van der Waals surface area contributed by atoms with Crippen LogP contribution in [0.15, 0.2) is 66.9 Å². The maximum atomic E-state index is 12.6. The molecule has 0 radical (unpaired) electrons. The molecule has 2 heterocycles. The number of amides is 1. The molecule has 0 saturated heterocycles. The monoisotopic (exact) mass is 407 g/mol. The highest BCUT2D eigenvalue weighted by Crippen LogP contribution is 2.24. The molecule has 0 unspecified atom stereocenters. The van der Waals surface area contributed by atoms with Crippen LogP contribution in [0.3, 0.4) is 0 Å². The highest BCUT2D eigenvalue weighted by Gasteiger charge is 2.15. The van der Waals surface area contributed by atoms with Crippen LogP contribution in [0, 0.1) is 0 Å². The average Bonchev–Trinajstić information content (AvgIpc) is 3.36. The summed E-state index contributed by atoms with van der Waals surface area (Å²) in [6.45, 7) is 0.556. The molecule has 0 spiro atoms. The summed E-state index contributed by atoms with van der Waals surface area (Å²) in [7, 11) is 1.60. The van der Waals surface area contributed by atoms with Crippen molar-refractivity contribution >= 4 is 23.3 Å². The fourth-order valence-corrected chi connectivity index (χ4v) is 3.07. The molecule has 0 aliphatic heterocycles. The van der Waals surface area contributed by atoms with Gasteiger partial charge in [-0.25, -0.2) is 0 Å². The number of benzene rings is 2. The van der Waals surface area contributed by atoms with Gasteiger partial charge in [0.15, 0.2) is 5.82 Å². The lowest BCUT2D eigenvalue weighted by atomic mass is 10.1. The van der Waals surface area contributed by atoms with E-state index in [-0.39, 0.29) is 5.91 Å². The average molecular weight is 408 g/mol. The van der Waals surface area contributed by atoms with Gasteiger partial charge >= 0.3 is 0 Å². The minimum absolute atomic E-state index is 0.296. The number of aromatic nitrogens is 4. The van der Waals surface area contributed by atoms with Gasteiger partial charge in [0.05, 0.1) is 19.3 Å². The number of carbonyl (C=O) groups excluding carboxylic acids is 1. The van der Waals surface area contributed by atoms with Crippen LogP contribution in [0.2, 0.25) is 5.02 Å². The first kappa shape index (κ1) is 18.8. The third-order valence-electron chi connectivity index (χ3n) is 4.32. The van der Waals surface area contributed by atoms with E-state index in [1.807, 2.05) is 54.6 Å². The van der Waals surface area contributed by atoms with E-state index >= 15 is 0 Å². The van der Waals surface area contributed by atoms with Gasteiger partial charge in [0.25, 0.3) is 5.91 Å². The highest BCUT2D eigenvalue weighted by molar-refractivity contribution is 6.33. The molecule has 7 nitrogen and oxygen atoms in total. The molecule has 0 saturated carbocycles. The molecular weight excluding hydrogens is 390 g/mol. The van der Waals surface area contributed by atoms with E-state index in [1.54, 1.807) is 24.1 Å². The minimum atomic E-state index is -0.376. The van der Waals surface area contributed by atoms with Gasteiger partial charge in [-0.05, 0) is 23.8 Å². The third kappa shape index (κ3) is 4.30. The maximum absolute atomic E-state index is 12.6. The quantitative estimate of drug-likeness (QED) is 0.500. The SMILES string of the molecule is COc1cccc(-c2cc(C(=O)Nc3nn(Cc4ccccc4)cc3Cl)[nH]n2)c1. The molecule has 0 aliphatic rings. The summed E-state index contributed by atoms with van der Waals surface area (Å²) in [5, 5.41) is 14.4. The van der Waals surface area contributed by atoms with Crippen molar-refractivity contribution < 1.29 is 9.53 Å². The number of hydrogen-bond donors (Lipinski definition) is 2. The summed E-state index contributed by atoms with van der Waals surface area (Å²) in [6, 6.07) is 19.0. The second kappa shape index (κ2) is 8.20. The van der Waals surface area contributed by atoms with Crippen LogP contribution in [0.4, 0.5) is 5.82 Å². The second-order valence-electron chi connectivity index (χ2n) is 6.36. The molecule has 29 heavy (non-hydrogen) atoms. The first-order chi connectivity index (χ1) is 14.1. The standard InChI is InChI=1S/C21H18ClN5O2/c1-29-16-9-5-8-15(10-16)18-11-19(25-24-18)21(28)23-20-17(22)13-27(26-20)12-14-6-3-2-4-7-14/h2-11,13H,12H2,1H3,(H,24,25)(H,23,26,28). The van der Waals surface area contributed by atoms with Crippen molar-refractivity contribution in [2.24, 2.45) is 0 Å². The second-order valence-corrected chi connectivity index (χ2v) is 6.77. The zero-order valence-corrected chi connectivity index (χ0v) is 16.3. The van der Waals surface area contributed by atoms with Crippen molar-refractivity contribution in [3.63, 3.8) is 0 Å². The smallest absolute Gasteiger partial charge is 0.274 e. The van der Waals surface area contributed by atoms with Crippen molar-refractivity contribution in [3.8, 4) is 17.0 Å². The van der Waals surface area contributed by atoms with Crippen LogP contribution >= 0.6 is 11.6 Å². The largest absolute Gasteiger partial charge is 0.497 e. The molecule has 146 valence electrons. The number of rotatable bonds is 6. The van der Waals surface area contributed by atoms with Gasteiger partial charge in [-0.1, -0.05) is 54.1 Å². The molecule has 1 amide bonds. The summed E-state index contributed by atoms with van der Waals surface area (Å²) < 4.78 is 6.91. The van der Waals surface area contributed by atoms with E-state index in [0.717, 1.165) is 11.1 Å². The van der Waals surface area contributed by atoms with Crippen LogP contribution in [0.5, 0.6) is 5.75 Å². The predicted molar refractivity (Wildman–Crippen MR) is 111 cm³/mol. The van der Waals surface area contributed by atoms with Crippen molar-refractivity contribution in [1.82, 2.24) is 20.0 Å². The Morgan fingerprint density at radius 1 is 1.17 bits per heavy atom. The molecule has 2 aromatic heterocycles. The first-order valence-electron chi connectivity index (χ1n) is 8.90. The highest BCUT2D eigenvalue weighted by atomic mass is 35.5. The van der Waals surface area contributed by atoms with Crippen molar-refractivity contribution in [3.05, 3.63) is 83.1 Å². The van der Waals surface area contributed by atoms with E-state index in [2.05, 4.69) is 20.6 Å². The van der Waals surface area contributed by atoms with Crippen LogP contribution in [-0.4, -0.2) is 33.0 Å². The number of methoxy groups -OCH3 is 1. The summed E-state index contributed by atoms with van der Waals surface area (Å²) in [6.07, 6.45) is 1.68. The van der Waals surface area contributed by atoms with Crippen molar-refractivity contribution in [2.45, 2.75) is 6.54 Å². The summed E-state index contributed by atoms with van der Waals surface area (Å²) in [5.74, 6) is 0.635. The fourth-order valence-electron chi connectivity index (χ4n) is 2.88. The van der Waals surface area contributed by atoms with E-state index < -0.39 is 0 Å². The Morgan fingerprint density at radius 3 is 2.79 bits per heavy atom. The molecule has 0 aliphatic carbocycles. The Labute approximate surface area is 172 Å². The summed E-state index contributed by atoms with van der Waals surface area (Å²) in [4.78, 5) is 12.6. The van der Waals surface area contributed by atoms with Crippen LogP contribution in [0.1, 0.15) is 16.1 Å². The zero-order valence-electron chi connectivity index (χ0n) is 15.6. The van der Waals surface area contributed by atoms with Gasteiger partial charge in [-0.3, -0.25) is 14.6 Å². The normalized spacial score (nSPS) is 10.7. The Bertz CT molecular complexity index is 1140. The lowest BCUT2D eigenvalue weighted by Gasteiger charge is -2.02. The molecule has 0 atom stereocenters. The third-order valence-corrected chi connectivity index (χ3v) is 4.60. The number of halogens is 1. The number of H-pyrrole nitrogens is 1. The van der Waals surface area contributed by atoms with Crippen LogP contribution in [0.25, 0.3) is 11.3 Å². The topological polar surface area (TPSA) is 84.8 Å². The molecule has 0 bridgehead atoms. The van der Waals surface area contributed by atoms with E-state index in [9.17, 15) is 4.79 Å². The van der Waals surface area contributed by atoms with Crippen LogP contribution < -0.4 is 10.1 Å². The molecule has 8 heteroatoms. The number of nitrogens with one attached hydrogen (secondary N) is 2. The van der Waals surface area contributed by atoms with Gasteiger partial charge in [-0.2, -0.15) is 10.2 Å². The maximum Gasteiger partial charge on any atom is 0.274 e. The van der Waals surface area contributed by atoms with Crippen molar-refractivity contribution in [2.75, 3.05) is 12.4 Å². The van der Waals surface area contributed by atoms with Gasteiger partial charge in [-0.15, -0.1) is 0 Å². The Morgan fingerprint density at radius 2 is 2.00 bits per heavy atom. The lowest BCUT2D eigenvalue weighted by molar-refractivity contribution is 0.102. The molecule has 0 fully saturated rings. The minimum Gasteiger partial charge on any atom is -0.497 e. The van der Waals surface area contributed by atoms with Gasteiger partial charge in [0.1, 0.15) is 16.5 Å². The molecule has 2 N–H and O–H groups in total. The van der Waals surface area contributed by atoms with Crippen LogP contribution in [-0.2, 0) is 6.54 Å². The van der Waals surface area contributed by atoms with Gasteiger partial charge < -0.3 is 10.1 Å². The van der Waals surface area contributed by atoms with E-state index in [4.69, 9.17) is 16.3 Å². The van der Waals surface area contributed by atoms with Crippen molar-refractivity contribution in [1.29, 1.82) is 0 Å². The molecule has 4 aromatic rings. The fraction of sp³-hybridized carbons (Fsp3) is 0.0952. The molecular formula is C21H18ClN5O2. The summed E-state index contributed by atoms with van der Waals surface area (Å²) in [5.41, 5.74) is 2.86. The van der Waals surface area contributed by atoms with Gasteiger partial charge in [0, 0.05) is 11.8 Å². The lowest BCUT2D eigenvalue weighted by Crippen LogP contribution is -2.13. The van der Waals surface area contributed by atoms with E-state index in [0.29, 0.717) is 34.5 Å². The number of hydrogen-bond acceptors (Lipinski definition) is 4. The molecule has 4 rings (SSSR count). The summed E-state index contributed by atoms with van der Waals surface area (Å²) >= 11 is 6.24. The van der Waals surface area contributed by atoms with Gasteiger partial charge in [0.2, 0.25) is 0 Å². The zero-order chi connectivity index (χ0) is 20.2. The number of nitrogens with zero attached hydrogens (tertiary/aromatic N) is 3. The Balaban J connectivity index is 1.48. The number of anilines is 1.